The van der Waals surface area contributed by atoms with E-state index in [0.29, 0.717) is 11.8 Å². The number of allylic oxidation sites excluding steroid dienone is 2. The summed E-state index contributed by atoms with van der Waals surface area (Å²) < 4.78 is 5.68. The highest BCUT2D eigenvalue weighted by Crippen LogP contribution is 2.36. The van der Waals surface area contributed by atoms with E-state index in [2.05, 4.69) is 15.5 Å². The number of H-pyrrole nitrogens is 1. The minimum absolute atomic E-state index is 0.113. The average Bonchev–Trinajstić information content (AvgIpc) is 3.04. The van der Waals surface area contributed by atoms with Crippen molar-refractivity contribution in [3.05, 3.63) is 35.0 Å². The zero-order chi connectivity index (χ0) is 14.5. The molecule has 6 N–H and O–H groups in total. The maximum atomic E-state index is 5.76. The lowest BCUT2D eigenvalue weighted by atomic mass is 10.0. The quantitative estimate of drug-likeness (QED) is 0.378. The number of ether oxygens (including phenoxy) is 1. The van der Waals surface area contributed by atoms with E-state index >= 15 is 0 Å². The number of nitrogens with two attached hydrogens (primary N) is 2. The van der Waals surface area contributed by atoms with Crippen LogP contribution in [0.3, 0.4) is 0 Å². The molecule has 2 atom stereocenters. The Balaban J connectivity index is 1.89. The fourth-order valence-corrected chi connectivity index (χ4v) is 2.46. The molecule has 0 spiro atoms. The van der Waals surface area contributed by atoms with Gasteiger partial charge in [-0.05, 0) is 25.3 Å². The van der Waals surface area contributed by atoms with Gasteiger partial charge in [0.2, 0.25) is 0 Å². The van der Waals surface area contributed by atoms with Gasteiger partial charge in [-0.1, -0.05) is 11.6 Å². The molecule has 7 heteroatoms. The monoisotopic (exact) mass is 297 g/mol. The minimum Gasteiger partial charge on any atom is -0.476 e. The van der Waals surface area contributed by atoms with Crippen LogP contribution in [0.5, 0.6) is 0 Å². The molecule has 6 nitrogen and oxygen atoms in total. The Kier molecular flexibility index (Phi) is 4.79. The number of aromatic nitrogens is 2. The zero-order valence-corrected chi connectivity index (χ0v) is 12.2. The molecule has 0 aromatic carbocycles. The summed E-state index contributed by atoms with van der Waals surface area (Å²) in [5.74, 6) is 1.61. The molecule has 2 unspecified atom stereocenters. The molecular weight excluding hydrogens is 278 g/mol. The second kappa shape index (κ2) is 6.56. The third kappa shape index (κ3) is 3.84. The second-order valence-electron chi connectivity index (χ2n) is 4.83. The topological polar surface area (TPSA) is 102 Å². The van der Waals surface area contributed by atoms with E-state index < -0.39 is 0 Å². The Morgan fingerprint density at radius 1 is 1.50 bits per heavy atom. The van der Waals surface area contributed by atoms with Crippen LogP contribution >= 0.6 is 11.6 Å². The molecule has 2 rings (SSSR count). The zero-order valence-electron chi connectivity index (χ0n) is 11.4. The number of nitrogens with zero attached hydrogens (tertiary/aromatic N) is 1. The van der Waals surface area contributed by atoms with Gasteiger partial charge in [-0.2, -0.15) is 5.10 Å². The molecule has 20 heavy (non-hydrogen) atoms. The molecule has 0 aliphatic heterocycles. The highest BCUT2D eigenvalue weighted by atomic mass is 35.5. The number of aromatic amines is 1. The highest BCUT2D eigenvalue weighted by molar-refractivity contribution is 6.29. The highest BCUT2D eigenvalue weighted by Gasteiger charge is 2.28. The van der Waals surface area contributed by atoms with Crippen molar-refractivity contribution in [2.45, 2.75) is 31.3 Å². The van der Waals surface area contributed by atoms with Crippen molar-refractivity contribution in [2.75, 3.05) is 12.4 Å². The first kappa shape index (κ1) is 14.6. The molecule has 1 heterocycles. The van der Waals surface area contributed by atoms with Gasteiger partial charge in [0.15, 0.2) is 5.88 Å². The molecule has 1 aliphatic carbocycles. The summed E-state index contributed by atoms with van der Waals surface area (Å²) in [7, 11) is 1.85. The first-order valence-corrected chi connectivity index (χ1v) is 6.94. The minimum atomic E-state index is 0.113. The summed E-state index contributed by atoms with van der Waals surface area (Å²) >= 11 is 5.52. The van der Waals surface area contributed by atoms with Gasteiger partial charge in [0.1, 0.15) is 11.9 Å². The van der Waals surface area contributed by atoms with Crippen LogP contribution in [-0.2, 0) is 4.74 Å². The molecule has 0 radical (unpaired) electrons. The van der Waals surface area contributed by atoms with Crippen molar-refractivity contribution in [3.8, 4) is 0 Å². The summed E-state index contributed by atoms with van der Waals surface area (Å²) in [4.78, 5) is 0. The predicted molar refractivity (Wildman–Crippen MR) is 80.0 cm³/mol. The number of hydrogen-bond donors (Lipinski definition) is 4. The lowest BCUT2D eigenvalue weighted by molar-refractivity contribution is 0.118. The van der Waals surface area contributed by atoms with Gasteiger partial charge in [0.05, 0.1) is 5.16 Å². The van der Waals surface area contributed by atoms with E-state index in [1.807, 2.05) is 13.1 Å². The van der Waals surface area contributed by atoms with Gasteiger partial charge in [0, 0.05) is 30.8 Å². The van der Waals surface area contributed by atoms with E-state index in [-0.39, 0.29) is 11.3 Å². The fourth-order valence-electron chi connectivity index (χ4n) is 2.40. The smallest absolute Gasteiger partial charge is 0.184 e. The van der Waals surface area contributed by atoms with Gasteiger partial charge < -0.3 is 21.5 Å². The van der Waals surface area contributed by atoms with Crippen LogP contribution in [0.2, 0.25) is 0 Å². The van der Waals surface area contributed by atoms with Crippen LogP contribution in [0.15, 0.2) is 29.3 Å². The van der Waals surface area contributed by atoms with Crippen LogP contribution in [0.1, 0.15) is 30.9 Å². The van der Waals surface area contributed by atoms with E-state index in [9.17, 15) is 0 Å². The Morgan fingerprint density at radius 3 is 2.95 bits per heavy atom. The molecule has 0 saturated heterocycles. The summed E-state index contributed by atoms with van der Waals surface area (Å²) in [6.07, 6.45) is 6.13. The summed E-state index contributed by atoms with van der Waals surface area (Å²) in [6.45, 7) is 0. The summed E-state index contributed by atoms with van der Waals surface area (Å²) in [6, 6.07) is 2.03. The van der Waals surface area contributed by atoms with Crippen LogP contribution in [-0.4, -0.2) is 23.3 Å². The van der Waals surface area contributed by atoms with Gasteiger partial charge in [-0.3, -0.25) is 5.10 Å². The Labute approximate surface area is 123 Å². The molecule has 1 saturated carbocycles. The van der Waals surface area contributed by atoms with Gasteiger partial charge in [-0.15, -0.1) is 0 Å². The standard InChI is InChI=1S/C13H20ClN5O/c1-17-13-7-10(18-19-13)8-2-3-9(6-8)20-12(16)5-4-11(14)15/h4-5,7-9H,2-3,6,15-16H2,1H3,(H2,17,18,19)/b11-4-,12-5+. The normalized spacial score (nSPS) is 23.9. The van der Waals surface area contributed by atoms with Gasteiger partial charge in [-0.25, -0.2) is 0 Å². The second-order valence-corrected chi connectivity index (χ2v) is 5.27. The molecule has 110 valence electrons. The van der Waals surface area contributed by atoms with E-state index in [1.54, 1.807) is 6.08 Å². The SMILES string of the molecule is CNc1cc(C2CCC(O/C(N)=C/C=C(\N)Cl)C2)[nH]n1. The lowest BCUT2D eigenvalue weighted by Gasteiger charge is -2.13. The Morgan fingerprint density at radius 2 is 2.30 bits per heavy atom. The third-order valence-electron chi connectivity index (χ3n) is 3.39. The number of nitrogens with one attached hydrogen (secondary N) is 2. The molecule has 1 aromatic rings. The number of hydrogen-bond acceptors (Lipinski definition) is 5. The molecule has 1 aliphatic rings. The Hall–Kier alpha value is -1.82. The predicted octanol–water partition coefficient (Wildman–Crippen LogP) is 1.94. The molecule has 1 aromatic heterocycles. The van der Waals surface area contributed by atoms with Crippen molar-refractivity contribution in [2.24, 2.45) is 11.5 Å². The van der Waals surface area contributed by atoms with Crippen molar-refractivity contribution in [1.29, 1.82) is 0 Å². The van der Waals surface area contributed by atoms with Crippen LogP contribution in [0, 0.1) is 0 Å². The third-order valence-corrected chi connectivity index (χ3v) is 3.51. The van der Waals surface area contributed by atoms with Crippen LogP contribution in [0.4, 0.5) is 5.82 Å². The van der Waals surface area contributed by atoms with E-state index in [0.717, 1.165) is 30.8 Å². The van der Waals surface area contributed by atoms with Gasteiger partial charge >= 0.3 is 0 Å². The number of rotatable bonds is 5. The molecule has 0 bridgehead atoms. The Bertz CT molecular complexity index is 507. The van der Waals surface area contributed by atoms with Gasteiger partial charge in [0.25, 0.3) is 0 Å². The first-order valence-electron chi connectivity index (χ1n) is 6.56. The number of anilines is 1. The van der Waals surface area contributed by atoms with Crippen LogP contribution in [0.25, 0.3) is 0 Å². The van der Waals surface area contributed by atoms with Crippen molar-refractivity contribution in [1.82, 2.24) is 10.2 Å². The van der Waals surface area contributed by atoms with Crippen molar-refractivity contribution in [3.63, 3.8) is 0 Å². The van der Waals surface area contributed by atoms with E-state index in [4.69, 9.17) is 27.8 Å². The van der Waals surface area contributed by atoms with Crippen molar-refractivity contribution < 1.29 is 4.74 Å². The molecule has 0 amide bonds. The van der Waals surface area contributed by atoms with E-state index in [1.165, 1.54) is 6.08 Å². The maximum Gasteiger partial charge on any atom is 0.184 e. The first-order chi connectivity index (χ1) is 9.58. The maximum absolute atomic E-state index is 5.76. The fraction of sp³-hybridized carbons (Fsp3) is 0.462. The van der Waals surface area contributed by atoms with Crippen molar-refractivity contribution >= 4 is 17.4 Å². The molecular formula is C13H20ClN5O. The summed E-state index contributed by atoms with van der Waals surface area (Å²) in [5.41, 5.74) is 12.2. The summed E-state index contributed by atoms with van der Waals surface area (Å²) in [5, 5.41) is 10.4. The largest absolute Gasteiger partial charge is 0.476 e. The average molecular weight is 298 g/mol. The van der Waals surface area contributed by atoms with Crippen LogP contribution < -0.4 is 16.8 Å². The molecule has 1 fully saturated rings. The lowest BCUT2D eigenvalue weighted by Crippen LogP contribution is -2.13. The number of halogens is 1.